The van der Waals surface area contributed by atoms with E-state index in [1.807, 2.05) is 0 Å². The number of rotatable bonds is 4. The molecule has 4 aromatic carbocycles. The molecule has 0 saturated heterocycles. The van der Waals surface area contributed by atoms with E-state index in [-0.39, 0.29) is 97.1 Å². The molecular weight excluding hydrogens is 523 g/mol. The van der Waals surface area contributed by atoms with Crippen molar-refractivity contribution in [2.24, 2.45) is 0 Å². The molecule has 0 unspecified atom stereocenters. The fraction of sp³-hybridized carbons (Fsp3) is 0.0323. The van der Waals surface area contributed by atoms with Crippen LogP contribution in [0.25, 0.3) is 0 Å². The molecule has 0 fully saturated rings. The van der Waals surface area contributed by atoms with Gasteiger partial charge in [0, 0.05) is 33.4 Å². The van der Waals surface area contributed by atoms with Crippen molar-refractivity contribution in [1.29, 1.82) is 0 Å². The second-order valence-electron chi connectivity index (χ2n) is 8.89. The maximum absolute atomic E-state index is 13.1. The van der Waals surface area contributed by atoms with Gasteiger partial charge in [0.1, 0.15) is 17.9 Å². The molecule has 8 nitrogen and oxygen atoms in total. The van der Waals surface area contributed by atoms with Gasteiger partial charge < -0.3 is 9.47 Å². The first-order chi connectivity index (χ1) is 18.8. The van der Waals surface area contributed by atoms with Crippen LogP contribution < -0.4 is 9.47 Å². The average Bonchev–Trinajstić information content (AvgIpc) is 2.94. The molecule has 4 aromatic rings. The van der Waals surface area contributed by atoms with Gasteiger partial charge in [-0.3, -0.25) is 28.8 Å². The van der Waals surface area contributed by atoms with Crippen LogP contribution >= 0.6 is 0 Å². The zero-order chi connectivity index (χ0) is 27.3. The van der Waals surface area contributed by atoms with Crippen molar-refractivity contribution in [2.45, 2.75) is 6.42 Å². The second-order valence-corrected chi connectivity index (χ2v) is 8.89. The summed E-state index contributed by atoms with van der Waals surface area (Å²) in [6, 6.07) is 21.2. The van der Waals surface area contributed by atoms with Crippen molar-refractivity contribution in [3.63, 3.8) is 0 Å². The first kappa shape index (κ1) is 27.1. The first-order valence-corrected chi connectivity index (χ1v) is 11.9. The molecule has 0 N–H and O–H groups in total. The Morgan fingerprint density at radius 2 is 0.775 bits per heavy atom. The summed E-state index contributed by atoms with van der Waals surface area (Å²) in [6.07, 6.45) is -0.856. The van der Waals surface area contributed by atoms with Gasteiger partial charge in [-0.25, -0.2) is 0 Å². The zero-order valence-corrected chi connectivity index (χ0v) is 20.1. The van der Waals surface area contributed by atoms with E-state index in [1.165, 1.54) is 48.5 Å². The number of hydrogen-bond donors (Lipinski definition) is 0. The van der Waals surface area contributed by atoms with Crippen LogP contribution in [0.5, 0.6) is 11.5 Å². The molecule has 0 amide bonds. The number of ketones is 4. The van der Waals surface area contributed by atoms with Crippen molar-refractivity contribution in [2.75, 3.05) is 0 Å². The van der Waals surface area contributed by atoms with Gasteiger partial charge in [0.05, 0.1) is 11.1 Å². The summed E-state index contributed by atoms with van der Waals surface area (Å²) in [5.74, 6) is -4.12. The Kier molecular flexibility index (Phi) is 7.16. The van der Waals surface area contributed by atoms with E-state index in [4.69, 9.17) is 9.47 Å². The molecule has 0 aromatic heterocycles. The summed E-state index contributed by atoms with van der Waals surface area (Å²) in [5.41, 5.74) is 0.926. The summed E-state index contributed by atoms with van der Waals surface area (Å²) in [4.78, 5) is 77.3. The third kappa shape index (κ3) is 4.42. The van der Waals surface area contributed by atoms with E-state index >= 15 is 0 Å². The summed E-state index contributed by atoms with van der Waals surface area (Å²) in [5, 5.41) is 0. The van der Waals surface area contributed by atoms with Crippen LogP contribution in [-0.2, 0) is 9.59 Å². The number of carbonyl (C=O) groups is 6. The fourth-order valence-electron chi connectivity index (χ4n) is 4.83. The molecule has 0 bridgehead atoms. The van der Waals surface area contributed by atoms with Gasteiger partial charge in [0.25, 0.3) is 0 Å². The van der Waals surface area contributed by atoms with Crippen LogP contribution in [0.1, 0.15) is 70.1 Å². The van der Waals surface area contributed by atoms with Crippen LogP contribution in [0.3, 0.4) is 0 Å². The summed E-state index contributed by atoms with van der Waals surface area (Å²) >= 11 is 0. The number of benzene rings is 4. The first-order valence-electron chi connectivity index (χ1n) is 11.9. The van der Waals surface area contributed by atoms with Crippen LogP contribution in [0.15, 0.2) is 84.9 Å². The van der Waals surface area contributed by atoms with Crippen molar-refractivity contribution < 1.29 is 38.2 Å². The normalized spacial score (nSPS) is 12.8. The van der Waals surface area contributed by atoms with Gasteiger partial charge in [-0.15, -0.1) is 0 Å². The summed E-state index contributed by atoms with van der Waals surface area (Å²) in [6.45, 7) is 0. The topological polar surface area (TPSA) is 121 Å². The Bertz CT molecular complexity index is 1670. The number of fused-ring (bicyclic) bond motifs is 4. The Balaban J connectivity index is 0.00000323. The van der Waals surface area contributed by atoms with Crippen molar-refractivity contribution in [1.82, 2.24) is 0 Å². The number of hydrogen-bond acceptors (Lipinski definition) is 8. The monoisotopic (exact) mass is 540 g/mol. The van der Waals surface area contributed by atoms with Gasteiger partial charge in [0.15, 0.2) is 23.1 Å². The minimum atomic E-state index is -1.04. The number of esters is 2. The molecule has 0 atom stereocenters. The molecule has 0 saturated carbocycles. The van der Waals surface area contributed by atoms with E-state index in [0.717, 1.165) is 0 Å². The molecule has 6 rings (SSSR count). The second kappa shape index (κ2) is 10.6. The van der Waals surface area contributed by atoms with Gasteiger partial charge in [0.2, 0.25) is 0 Å². The number of ether oxygens (including phenoxy) is 2. The van der Waals surface area contributed by atoms with Crippen molar-refractivity contribution >= 4 is 64.6 Å². The quantitative estimate of drug-likeness (QED) is 0.144. The van der Waals surface area contributed by atoms with Gasteiger partial charge in [-0.2, -0.15) is 0 Å². The molecule has 0 aliphatic heterocycles. The van der Waals surface area contributed by atoms with Gasteiger partial charge >= 0.3 is 41.5 Å². The third-order valence-electron chi connectivity index (χ3n) is 6.56. The van der Waals surface area contributed by atoms with Crippen LogP contribution in [0, 0.1) is 0 Å². The Hall–Kier alpha value is -4.50. The van der Waals surface area contributed by atoms with E-state index in [9.17, 15) is 28.8 Å². The Labute approximate surface area is 249 Å². The molecule has 0 spiro atoms. The summed E-state index contributed by atoms with van der Waals surface area (Å²) in [7, 11) is 0. The van der Waals surface area contributed by atoms with Crippen LogP contribution in [0.4, 0.5) is 0 Å². The SMILES string of the molecule is O=C(CC(=O)Oc1cccc2c1C(=O)c1ccccc1C2=O)Oc1cccc2c1C(=O)c1ccccc1C2=O.[NaH]. The van der Waals surface area contributed by atoms with E-state index in [2.05, 4.69) is 0 Å². The standard InChI is InChI=1S/C31H16O8.Na.H/c32-24(38-22-13-5-11-20-26(22)30(36)18-9-3-1-7-16(18)28(20)34)15-25(33)39-23-14-6-12-21-27(23)31(37)19-10-4-2-8-17(19)29(21)35;;/h1-14H,15H2;;. The Morgan fingerprint density at radius 3 is 1.15 bits per heavy atom. The van der Waals surface area contributed by atoms with Crippen molar-refractivity contribution in [3.05, 3.63) is 129 Å². The maximum atomic E-state index is 13.1. The number of carbonyl (C=O) groups excluding carboxylic acids is 6. The van der Waals surface area contributed by atoms with Gasteiger partial charge in [-0.1, -0.05) is 72.8 Å². The minimum absolute atomic E-state index is 0. The molecule has 40 heavy (non-hydrogen) atoms. The van der Waals surface area contributed by atoms with Crippen LogP contribution in [0.2, 0.25) is 0 Å². The molecule has 2 aliphatic rings. The van der Waals surface area contributed by atoms with E-state index in [0.29, 0.717) is 0 Å². The molecule has 190 valence electrons. The average molecular weight is 540 g/mol. The third-order valence-corrected chi connectivity index (χ3v) is 6.56. The molecule has 0 radical (unpaired) electrons. The summed E-state index contributed by atoms with van der Waals surface area (Å²) < 4.78 is 10.6. The predicted octanol–water partition coefficient (Wildman–Crippen LogP) is 3.49. The van der Waals surface area contributed by atoms with Crippen LogP contribution in [-0.4, -0.2) is 64.6 Å². The van der Waals surface area contributed by atoms with E-state index < -0.39 is 29.9 Å². The Morgan fingerprint density at radius 1 is 0.450 bits per heavy atom. The molecular formula is C31H17NaO8. The predicted molar refractivity (Wildman–Crippen MR) is 143 cm³/mol. The molecule has 9 heteroatoms. The van der Waals surface area contributed by atoms with E-state index in [1.54, 1.807) is 36.4 Å². The zero-order valence-electron chi connectivity index (χ0n) is 20.1. The molecule has 2 aliphatic carbocycles. The van der Waals surface area contributed by atoms with Crippen molar-refractivity contribution in [3.8, 4) is 11.5 Å². The molecule has 0 heterocycles. The van der Waals surface area contributed by atoms with Gasteiger partial charge in [-0.05, 0) is 12.1 Å². The fourth-order valence-corrected chi connectivity index (χ4v) is 4.83.